The van der Waals surface area contributed by atoms with Gasteiger partial charge in [0.25, 0.3) is 0 Å². The van der Waals surface area contributed by atoms with E-state index in [1.165, 1.54) is 6.33 Å². The van der Waals surface area contributed by atoms with Gasteiger partial charge in [0.2, 0.25) is 5.91 Å². The van der Waals surface area contributed by atoms with Gasteiger partial charge < -0.3 is 10.4 Å². The van der Waals surface area contributed by atoms with E-state index < -0.39 is 5.97 Å². The molecule has 0 radical (unpaired) electrons. The normalized spacial score (nSPS) is 11.9. The Bertz CT molecular complexity index is 638. The SMILES string of the molecule is CC(NC(=O)CCCCC(=O)O)c1ccc(-n2cncn2)cc1. The molecule has 0 fully saturated rings. The number of aromatic nitrogens is 3. The third-order valence-electron chi connectivity index (χ3n) is 3.50. The highest BCUT2D eigenvalue weighted by Crippen LogP contribution is 2.15. The lowest BCUT2D eigenvalue weighted by Gasteiger charge is -2.15. The van der Waals surface area contributed by atoms with E-state index >= 15 is 0 Å². The summed E-state index contributed by atoms with van der Waals surface area (Å²) in [6.45, 7) is 1.92. The van der Waals surface area contributed by atoms with Crippen LogP contribution in [0.5, 0.6) is 0 Å². The molecule has 1 amide bonds. The van der Waals surface area contributed by atoms with Crippen LogP contribution in [-0.2, 0) is 9.59 Å². The standard InChI is InChI=1S/C16H20N4O3/c1-12(19-15(21)4-2-3-5-16(22)23)13-6-8-14(9-7-13)20-11-17-10-18-20/h6-12H,2-5H2,1H3,(H,19,21)(H,22,23). The summed E-state index contributed by atoms with van der Waals surface area (Å²) >= 11 is 0. The number of carboxylic acids is 1. The van der Waals surface area contributed by atoms with Crippen molar-refractivity contribution >= 4 is 11.9 Å². The molecule has 0 saturated heterocycles. The molecular weight excluding hydrogens is 296 g/mol. The molecule has 2 N–H and O–H groups in total. The first-order valence-electron chi connectivity index (χ1n) is 7.52. The first kappa shape index (κ1) is 16.7. The maximum atomic E-state index is 11.8. The summed E-state index contributed by atoms with van der Waals surface area (Å²) in [7, 11) is 0. The molecule has 122 valence electrons. The summed E-state index contributed by atoms with van der Waals surface area (Å²) in [5.41, 5.74) is 1.89. The average molecular weight is 316 g/mol. The Morgan fingerprint density at radius 2 is 1.91 bits per heavy atom. The third kappa shape index (κ3) is 5.21. The molecule has 0 aliphatic carbocycles. The molecule has 7 nitrogen and oxygen atoms in total. The Labute approximate surface area is 134 Å². The number of unbranched alkanes of at least 4 members (excludes halogenated alkanes) is 1. The van der Waals surface area contributed by atoms with Crippen LogP contribution in [0.3, 0.4) is 0 Å². The topological polar surface area (TPSA) is 97.1 Å². The molecule has 1 heterocycles. The number of amides is 1. The first-order chi connectivity index (χ1) is 11.1. The van der Waals surface area contributed by atoms with E-state index in [9.17, 15) is 9.59 Å². The minimum atomic E-state index is -0.828. The number of nitrogens with one attached hydrogen (secondary N) is 1. The van der Waals surface area contributed by atoms with Crippen molar-refractivity contribution in [2.45, 2.75) is 38.6 Å². The Hall–Kier alpha value is -2.70. The highest BCUT2D eigenvalue weighted by atomic mass is 16.4. The second kappa shape index (κ2) is 8.07. The molecule has 0 spiro atoms. The molecule has 23 heavy (non-hydrogen) atoms. The molecule has 0 saturated carbocycles. The average Bonchev–Trinajstić information content (AvgIpc) is 3.06. The second-order valence-electron chi connectivity index (χ2n) is 5.32. The molecule has 1 atom stereocenters. The number of benzene rings is 1. The second-order valence-corrected chi connectivity index (χ2v) is 5.32. The van der Waals surface area contributed by atoms with Crippen LogP contribution in [-0.4, -0.2) is 31.7 Å². The van der Waals surface area contributed by atoms with Gasteiger partial charge in [-0.15, -0.1) is 0 Å². The fraction of sp³-hybridized carbons (Fsp3) is 0.375. The molecule has 0 bridgehead atoms. The Morgan fingerprint density at radius 3 is 2.52 bits per heavy atom. The van der Waals surface area contributed by atoms with Gasteiger partial charge in [-0.3, -0.25) is 9.59 Å². The van der Waals surface area contributed by atoms with Gasteiger partial charge in [0.1, 0.15) is 12.7 Å². The van der Waals surface area contributed by atoms with E-state index in [4.69, 9.17) is 5.11 Å². The summed E-state index contributed by atoms with van der Waals surface area (Å²) < 4.78 is 1.66. The first-order valence-corrected chi connectivity index (χ1v) is 7.52. The minimum Gasteiger partial charge on any atom is -0.481 e. The van der Waals surface area contributed by atoms with Crippen molar-refractivity contribution in [3.05, 3.63) is 42.5 Å². The van der Waals surface area contributed by atoms with Gasteiger partial charge in [-0.2, -0.15) is 5.10 Å². The predicted octanol–water partition coefficient (Wildman–Crippen LogP) is 2.09. The molecule has 7 heteroatoms. The fourth-order valence-electron chi connectivity index (χ4n) is 2.22. The zero-order valence-electron chi connectivity index (χ0n) is 13.0. The van der Waals surface area contributed by atoms with Gasteiger partial charge in [-0.05, 0) is 37.5 Å². The van der Waals surface area contributed by atoms with Crippen LogP contribution in [0, 0.1) is 0 Å². The molecule has 2 aromatic rings. The largest absolute Gasteiger partial charge is 0.481 e. The zero-order valence-corrected chi connectivity index (χ0v) is 13.0. The summed E-state index contributed by atoms with van der Waals surface area (Å²) in [5, 5.41) is 15.5. The van der Waals surface area contributed by atoms with Crippen LogP contribution >= 0.6 is 0 Å². The van der Waals surface area contributed by atoms with E-state index in [2.05, 4.69) is 15.4 Å². The maximum absolute atomic E-state index is 11.8. The van der Waals surface area contributed by atoms with E-state index in [0.717, 1.165) is 11.3 Å². The lowest BCUT2D eigenvalue weighted by Crippen LogP contribution is -2.26. The molecular formula is C16H20N4O3. The Kier molecular flexibility index (Phi) is 5.85. The highest BCUT2D eigenvalue weighted by molar-refractivity contribution is 5.76. The molecule has 0 aliphatic heterocycles. The van der Waals surface area contributed by atoms with Crippen molar-refractivity contribution in [1.82, 2.24) is 20.1 Å². The number of hydrogen-bond acceptors (Lipinski definition) is 4. The van der Waals surface area contributed by atoms with E-state index in [1.807, 2.05) is 31.2 Å². The summed E-state index contributed by atoms with van der Waals surface area (Å²) in [6, 6.07) is 7.60. The minimum absolute atomic E-state index is 0.0664. The van der Waals surface area contributed by atoms with Gasteiger partial charge in [-0.25, -0.2) is 9.67 Å². The third-order valence-corrected chi connectivity index (χ3v) is 3.50. The number of aliphatic carboxylic acids is 1. The lowest BCUT2D eigenvalue weighted by molar-refractivity contribution is -0.137. The summed E-state index contributed by atoms with van der Waals surface area (Å²) in [4.78, 5) is 26.2. The molecule has 2 rings (SSSR count). The van der Waals surface area contributed by atoms with Crippen LogP contribution in [0.25, 0.3) is 5.69 Å². The monoisotopic (exact) mass is 316 g/mol. The van der Waals surface area contributed by atoms with E-state index in [0.29, 0.717) is 19.3 Å². The summed E-state index contributed by atoms with van der Waals surface area (Å²) in [6.07, 6.45) is 4.64. The number of rotatable bonds is 8. The molecule has 1 aromatic carbocycles. The Morgan fingerprint density at radius 1 is 1.22 bits per heavy atom. The van der Waals surface area contributed by atoms with Crippen LogP contribution in [0.1, 0.15) is 44.2 Å². The predicted molar refractivity (Wildman–Crippen MR) is 84.0 cm³/mol. The van der Waals surface area contributed by atoms with Crippen molar-refractivity contribution in [3.8, 4) is 5.69 Å². The fourth-order valence-corrected chi connectivity index (χ4v) is 2.22. The number of carbonyl (C=O) groups is 2. The number of carboxylic acid groups (broad SMARTS) is 1. The van der Waals surface area contributed by atoms with Gasteiger partial charge in [-0.1, -0.05) is 12.1 Å². The maximum Gasteiger partial charge on any atom is 0.303 e. The summed E-state index contributed by atoms with van der Waals surface area (Å²) in [5.74, 6) is -0.894. The van der Waals surface area contributed by atoms with Crippen molar-refractivity contribution in [3.63, 3.8) is 0 Å². The molecule has 1 unspecified atom stereocenters. The van der Waals surface area contributed by atoms with Crippen LogP contribution in [0.15, 0.2) is 36.9 Å². The quantitative estimate of drug-likeness (QED) is 0.727. The van der Waals surface area contributed by atoms with Crippen LogP contribution in [0.4, 0.5) is 0 Å². The lowest BCUT2D eigenvalue weighted by atomic mass is 10.1. The van der Waals surface area contributed by atoms with Gasteiger partial charge in [0.05, 0.1) is 11.7 Å². The van der Waals surface area contributed by atoms with Gasteiger partial charge in [0, 0.05) is 12.8 Å². The number of carbonyl (C=O) groups excluding carboxylic acids is 1. The molecule has 1 aromatic heterocycles. The number of nitrogens with zero attached hydrogens (tertiary/aromatic N) is 3. The van der Waals surface area contributed by atoms with Crippen LogP contribution in [0.2, 0.25) is 0 Å². The Balaban J connectivity index is 1.82. The van der Waals surface area contributed by atoms with Crippen molar-refractivity contribution < 1.29 is 14.7 Å². The van der Waals surface area contributed by atoms with Gasteiger partial charge >= 0.3 is 5.97 Å². The zero-order chi connectivity index (χ0) is 16.7. The van der Waals surface area contributed by atoms with E-state index in [-0.39, 0.29) is 18.4 Å². The van der Waals surface area contributed by atoms with Crippen LogP contribution < -0.4 is 5.32 Å². The molecule has 0 aliphatic rings. The van der Waals surface area contributed by atoms with E-state index in [1.54, 1.807) is 11.0 Å². The smallest absolute Gasteiger partial charge is 0.303 e. The highest BCUT2D eigenvalue weighted by Gasteiger charge is 2.10. The van der Waals surface area contributed by atoms with Gasteiger partial charge in [0.15, 0.2) is 0 Å². The van der Waals surface area contributed by atoms with Crippen molar-refractivity contribution in [2.75, 3.05) is 0 Å². The van der Waals surface area contributed by atoms with Crippen molar-refractivity contribution in [2.24, 2.45) is 0 Å². The number of hydrogen-bond donors (Lipinski definition) is 2. The van der Waals surface area contributed by atoms with Crippen molar-refractivity contribution in [1.29, 1.82) is 0 Å².